The summed E-state index contributed by atoms with van der Waals surface area (Å²) in [7, 11) is 0. The predicted molar refractivity (Wildman–Crippen MR) is 174 cm³/mol. The van der Waals surface area contributed by atoms with Gasteiger partial charge in [0.25, 0.3) is 0 Å². The fourth-order valence-corrected chi connectivity index (χ4v) is 5.10. The summed E-state index contributed by atoms with van der Waals surface area (Å²) in [6.07, 6.45) is 3.06. The highest BCUT2D eigenvalue weighted by Gasteiger charge is 2.17. The molecule has 0 saturated heterocycles. The molecule has 0 unspecified atom stereocenters. The van der Waals surface area contributed by atoms with Crippen LogP contribution in [0, 0.1) is 6.92 Å². The van der Waals surface area contributed by atoms with Crippen LogP contribution in [0.15, 0.2) is 91.4 Å². The number of pyridine rings is 2. The number of fused-ring (bicyclic) bond motifs is 1. The number of nitrogens with one attached hydrogen (secondary N) is 3. The zero-order valence-corrected chi connectivity index (χ0v) is 25.8. The molecule has 0 atom stereocenters. The van der Waals surface area contributed by atoms with Gasteiger partial charge in [0.05, 0.1) is 17.9 Å². The van der Waals surface area contributed by atoms with Crippen LogP contribution in [0.4, 0.5) is 4.79 Å². The van der Waals surface area contributed by atoms with E-state index in [0.29, 0.717) is 19.6 Å². The second-order valence-electron chi connectivity index (χ2n) is 11.9. The standard InChI is InChI=1S/C35H36N8O2/c1-23-8-7-11-29(40-23)33-32(27-16-17-31-38-22-39-43(31)21-27)41-30(42-33)20-36-19-26-9-5-6-10-28(26)25-14-12-24(13-15-25)18-37-34(44)45-35(2,3)4/h5-17,21-22,36H,18-20H2,1-4H3,(H,37,44)(H,41,42). The largest absolute Gasteiger partial charge is 0.444 e. The number of benzene rings is 2. The van der Waals surface area contributed by atoms with Gasteiger partial charge in [0.15, 0.2) is 5.65 Å². The fourth-order valence-electron chi connectivity index (χ4n) is 5.10. The number of carbonyl (C=O) groups excluding carboxylic acids is 1. The molecule has 228 valence electrons. The molecule has 10 heteroatoms. The van der Waals surface area contributed by atoms with Crippen molar-refractivity contribution in [1.29, 1.82) is 0 Å². The van der Waals surface area contributed by atoms with Crippen molar-refractivity contribution in [1.82, 2.24) is 40.2 Å². The third-order valence-electron chi connectivity index (χ3n) is 7.17. The molecule has 6 aromatic rings. The monoisotopic (exact) mass is 600 g/mol. The van der Waals surface area contributed by atoms with Gasteiger partial charge in [0, 0.05) is 30.5 Å². The van der Waals surface area contributed by atoms with Gasteiger partial charge in [-0.25, -0.2) is 19.3 Å². The number of amides is 1. The van der Waals surface area contributed by atoms with Crippen molar-refractivity contribution >= 4 is 11.7 Å². The molecule has 0 saturated carbocycles. The molecule has 0 aliphatic heterocycles. The van der Waals surface area contributed by atoms with Crippen LogP contribution in [0.3, 0.4) is 0 Å². The minimum atomic E-state index is -0.529. The van der Waals surface area contributed by atoms with Gasteiger partial charge in [-0.2, -0.15) is 5.10 Å². The molecular formula is C35H36N8O2. The van der Waals surface area contributed by atoms with Gasteiger partial charge in [-0.1, -0.05) is 54.6 Å². The number of carbonyl (C=O) groups is 1. The molecule has 0 aliphatic rings. The highest BCUT2D eigenvalue weighted by molar-refractivity contribution is 5.77. The molecule has 6 rings (SSSR count). The lowest BCUT2D eigenvalue weighted by atomic mass is 9.98. The molecule has 1 amide bonds. The Morgan fingerprint density at radius 3 is 2.49 bits per heavy atom. The number of alkyl carbamates (subject to hydrolysis) is 1. The first-order valence-electron chi connectivity index (χ1n) is 14.9. The number of aromatic amines is 1. The Morgan fingerprint density at radius 2 is 1.69 bits per heavy atom. The van der Waals surface area contributed by atoms with E-state index in [2.05, 4.69) is 50.0 Å². The Kier molecular flexibility index (Phi) is 8.39. The van der Waals surface area contributed by atoms with Gasteiger partial charge in [-0.15, -0.1) is 0 Å². The molecule has 0 fully saturated rings. The van der Waals surface area contributed by atoms with Crippen molar-refractivity contribution in [2.75, 3.05) is 0 Å². The van der Waals surface area contributed by atoms with Gasteiger partial charge < -0.3 is 20.4 Å². The second kappa shape index (κ2) is 12.7. The second-order valence-corrected chi connectivity index (χ2v) is 11.9. The van der Waals surface area contributed by atoms with E-state index in [0.717, 1.165) is 56.5 Å². The van der Waals surface area contributed by atoms with Crippen LogP contribution in [0.25, 0.3) is 39.4 Å². The summed E-state index contributed by atoms with van der Waals surface area (Å²) in [4.78, 5) is 29.5. The van der Waals surface area contributed by atoms with Crippen LogP contribution in [-0.4, -0.2) is 41.2 Å². The predicted octanol–water partition coefficient (Wildman–Crippen LogP) is 6.47. The van der Waals surface area contributed by atoms with E-state index < -0.39 is 11.7 Å². The molecule has 4 aromatic heterocycles. The lowest BCUT2D eigenvalue weighted by Gasteiger charge is -2.19. The zero-order valence-electron chi connectivity index (χ0n) is 25.8. The summed E-state index contributed by atoms with van der Waals surface area (Å²) in [5, 5.41) is 10.7. The molecule has 4 heterocycles. The van der Waals surface area contributed by atoms with Crippen molar-refractivity contribution in [3.8, 4) is 33.8 Å². The fraction of sp³-hybridized carbons (Fsp3) is 0.229. The molecule has 0 spiro atoms. The number of imidazole rings is 1. The zero-order chi connectivity index (χ0) is 31.4. The van der Waals surface area contributed by atoms with Crippen LogP contribution in [-0.2, 0) is 24.4 Å². The summed E-state index contributed by atoms with van der Waals surface area (Å²) in [5.41, 5.74) is 9.00. The van der Waals surface area contributed by atoms with E-state index in [4.69, 9.17) is 14.7 Å². The van der Waals surface area contributed by atoms with E-state index in [1.165, 1.54) is 5.56 Å². The number of aromatic nitrogens is 6. The molecule has 3 N–H and O–H groups in total. The van der Waals surface area contributed by atoms with Crippen molar-refractivity contribution in [3.63, 3.8) is 0 Å². The summed E-state index contributed by atoms with van der Waals surface area (Å²) in [5.74, 6) is 0.807. The topological polar surface area (TPSA) is 122 Å². The van der Waals surface area contributed by atoms with Crippen LogP contribution in [0.1, 0.15) is 43.4 Å². The Labute approximate surface area is 261 Å². The summed E-state index contributed by atoms with van der Waals surface area (Å²) in [6.45, 7) is 9.11. The van der Waals surface area contributed by atoms with Crippen LogP contribution >= 0.6 is 0 Å². The van der Waals surface area contributed by atoms with E-state index >= 15 is 0 Å². The molecular weight excluding hydrogens is 564 g/mol. The Morgan fingerprint density at radius 1 is 0.889 bits per heavy atom. The molecule has 45 heavy (non-hydrogen) atoms. The molecule has 10 nitrogen and oxygen atoms in total. The average Bonchev–Trinajstić information content (AvgIpc) is 3.67. The summed E-state index contributed by atoms with van der Waals surface area (Å²) >= 11 is 0. The number of ether oxygens (including phenoxy) is 1. The van der Waals surface area contributed by atoms with Gasteiger partial charge >= 0.3 is 6.09 Å². The summed E-state index contributed by atoms with van der Waals surface area (Å²) < 4.78 is 7.09. The third kappa shape index (κ3) is 7.25. The molecule has 0 bridgehead atoms. The van der Waals surface area contributed by atoms with E-state index in [1.54, 1.807) is 10.8 Å². The smallest absolute Gasteiger partial charge is 0.407 e. The molecule has 2 aromatic carbocycles. The van der Waals surface area contributed by atoms with Crippen molar-refractivity contribution in [2.24, 2.45) is 0 Å². The first-order valence-corrected chi connectivity index (χ1v) is 14.9. The Balaban J connectivity index is 1.16. The van der Waals surface area contributed by atoms with Gasteiger partial charge in [0.2, 0.25) is 0 Å². The first kappa shape index (κ1) is 29.7. The molecule has 0 radical (unpaired) electrons. The minimum absolute atomic E-state index is 0.399. The number of hydrogen-bond donors (Lipinski definition) is 3. The minimum Gasteiger partial charge on any atom is -0.444 e. The lowest BCUT2D eigenvalue weighted by molar-refractivity contribution is 0.0523. The first-order chi connectivity index (χ1) is 21.7. The molecule has 0 aliphatic carbocycles. The number of rotatable bonds is 9. The van der Waals surface area contributed by atoms with Gasteiger partial charge in [-0.05, 0) is 74.2 Å². The summed E-state index contributed by atoms with van der Waals surface area (Å²) in [6, 6.07) is 26.5. The Hall–Kier alpha value is -5.35. The highest BCUT2D eigenvalue weighted by atomic mass is 16.6. The van der Waals surface area contributed by atoms with E-state index in [9.17, 15) is 4.79 Å². The van der Waals surface area contributed by atoms with Crippen LogP contribution in [0.2, 0.25) is 0 Å². The SMILES string of the molecule is Cc1cccc(-c2nc(CNCc3ccccc3-c3ccc(CNC(=O)OC(C)(C)C)cc3)[nH]c2-c2ccc3ncnn3c2)n1. The van der Waals surface area contributed by atoms with E-state index in [1.807, 2.05) is 88.5 Å². The third-order valence-corrected chi connectivity index (χ3v) is 7.17. The maximum atomic E-state index is 12.0. The average molecular weight is 601 g/mol. The van der Waals surface area contributed by atoms with Gasteiger partial charge in [0.1, 0.15) is 23.4 Å². The van der Waals surface area contributed by atoms with Crippen LogP contribution in [0.5, 0.6) is 0 Å². The Bertz CT molecular complexity index is 1940. The normalized spacial score (nSPS) is 11.6. The van der Waals surface area contributed by atoms with Crippen molar-refractivity contribution in [2.45, 2.75) is 52.9 Å². The van der Waals surface area contributed by atoms with Gasteiger partial charge in [-0.3, -0.25) is 4.98 Å². The number of nitrogens with zero attached hydrogens (tertiary/aromatic N) is 5. The van der Waals surface area contributed by atoms with Crippen molar-refractivity contribution in [3.05, 3.63) is 114 Å². The number of H-pyrrole nitrogens is 1. The van der Waals surface area contributed by atoms with Crippen molar-refractivity contribution < 1.29 is 9.53 Å². The highest BCUT2D eigenvalue weighted by Crippen LogP contribution is 2.30. The van der Waals surface area contributed by atoms with E-state index in [-0.39, 0.29) is 0 Å². The number of aryl methyl sites for hydroxylation is 1. The number of hydrogen-bond acceptors (Lipinski definition) is 7. The van der Waals surface area contributed by atoms with Crippen LogP contribution < -0.4 is 10.6 Å². The maximum Gasteiger partial charge on any atom is 0.407 e. The maximum absolute atomic E-state index is 12.0. The lowest BCUT2D eigenvalue weighted by Crippen LogP contribution is -2.32. The quantitative estimate of drug-likeness (QED) is 0.174.